The number of hydrogen-bond donors (Lipinski definition) is 1. The molecule has 5 nitrogen and oxygen atoms in total. The van der Waals surface area contributed by atoms with Crippen LogP contribution in [0.3, 0.4) is 0 Å². The minimum Gasteiger partial charge on any atom is -0.462 e. The molecule has 23 heavy (non-hydrogen) atoms. The van der Waals surface area contributed by atoms with E-state index >= 15 is 0 Å². The molecular weight excluding hydrogens is 330 g/mol. The highest BCUT2D eigenvalue weighted by Gasteiger charge is 2.40. The number of nitrogens with one attached hydrogen (secondary N) is 1. The standard InChI is InChI=1S/C16H27NO4SSi/c1-8-21-15(18)13-11-9-10-12(2)14(13)22(19,20)17-23(6,7)16(3,4)5/h9-11,17H,8H2,1-7H3. The van der Waals surface area contributed by atoms with Crippen molar-refractivity contribution in [2.75, 3.05) is 6.61 Å². The zero-order chi connectivity index (χ0) is 18.1. The smallest absolute Gasteiger partial charge is 0.339 e. The molecule has 7 heteroatoms. The predicted molar refractivity (Wildman–Crippen MR) is 94.7 cm³/mol. The van der Waals surface area contributed by atoms with E-state index in [-0.39, 0.29) is 22.1 Å². The van der Waals surface area contributed by atoms with Gasteiger partial charge in [-0.05, 0) is 30.5 Å². The van der Waals surface area contributed by atoms with Gasteiger partial charge in [-0.2, -0.15) is 0 Å². The minimum atomic E-state index is -3.81. The Balaban J connectivity index is 3.42. The molecular formula is C16H27NO4SSi. The van der Waals surface area contributed by atoms with Crippen LogP contribution in [0.15, 0.2) is 23.1 Å². The summed E-state index contributed by atoms with van der Waals surface area (Å²) in [5.41, 5.74) is 0.611. The zero-order valence-corrected chi connectivity index (χ0v) is 16.8. The fourth-order valence-corrected chi connectivity index (χ4v) is 7.17. The normalized spacial score (nSPS) is 13.0. The Kier molecular flexibility index (Phi) is 5.82. The average Bonchev–Trinajstić information content (AvgIpc) is 2.35. The van der Waals surface area contributed by atoms with Crippen LogP contribution in [0.2, 0.25) is 18.1 Å². The molecule has 0 heterocycles. The number of esters is 1. The van der Waals surface area contributed by atoms with Gasteiger partial charge in [0.25, 0.3) is 0 Å². The van der Waals surface area contributed by atoms with Gasteiger partial charge >= 0.3 is 5.97 Å². The third-order valence-corrected chi connectivity index (χ3v) is 12.2. The van der Waals surface area contributed by atoms with Gasteiger partial charge in [0.2, 0.25) is 10.0 Å². The van der Waals surface area contributed by atoms with Crippen LogP contribution in [0.25, 0.3) is 0 Å². The van der Waals surface area contributed by atoms with Crippen molar-refractivity contribution in [2.45, 2.75) is 57.6 Å². The maximum Gasteiger partial charge on any atom is 0.339 e. The minimum absolute atomic E-state index is 0.0169. The summed E-state index contributed by atoms with van der Waals surface area (Å²) in [6, 6.07) is 4.83. The summed E-state index contributed by atoms with van der Waals surface area (Å²) in [4.78, 5) is 12.1. The monoisotopic (exact) mass is 357 g/mol. The summed E-state index contributed by atoms with van der Waals surface area (Å²) in [5, 5.41) is -0.160. The van der Waals surface area contributed by atoms with Crippen LogP contribution in [0.5, 0.6) is 0 Å². The molecule has 0 aromatic heterocycles. The molecule has 0 saturated carbocycles. The molecule has 1 aromatic rings. The Bertz CT molecular complexity index is 691. The van der Waals surface area contributed by atoms with Crippen LogP contribution in [0.1, 0.15) is 43.6 Å². The fourth-order valence-electron chi connectivity index (χ4n) is 1.92. The van der Waals surface area contributed by atoms with Gasteiger partial charge in [-0.1, -0.05) is 46.0 Å². The van der Waals surface area contributed by atoms with Gasteiger partial charge < -0.3 is 4.74 Å². The van der Waals surface area contributed by atoms with Crippen molar-refractivity contribution in [1.82, 2.24) is 4.39 Å². The zero-order valence-electron chi connectivity index (χ0n) is 15.0. The highest BCUT2D eigenvalue weighted by molar-refractivity contribution is 7.91. The van der Waals surface area contributed by atoms with Crippen molar-refractivity contribution in [3.05, 3.63) is 29.3 Å². The summed E-state index contributed by atoms with van der Waals surface area (Å²) in [5.74, 6) is -0.619. The summed E-state index contributed by atoms with van der Waals surface area (Å²) in [6.07, 6.45) is 0. The number of hydrogen-bond acceptors (Lipinski definition) is 4. The van der Waals surface area contributed by atoms with Gasteiger partial charge in [-0.3, -0.25) is 0 Å². The SMILES string of the molecule is CCOC(=O)c1cccc(C)c1S(=O)(=O)N[Si](C)(C)C(C)(C)C. The van der Waals surface area contributed by atoms with E-state index in [0.717, 1.165) is 0 Å². The fraction of sp³-hybridized carbons (Fsp3) is 0.562. The number of carbonyl (C=O) groups excluding carboxylic acids is 1. The molecule has 0 radical (unpaired) electrons. The van der Waals surface area contributed by atoms with Gasteiger partial charge in [-0.25, -0.2) is 17.6 Å². The first kappa shape index (κ1) is 19.9. The molecule has 1 rings (SSSR count). The Morgan fingerprint density at radius 1 is 1.26 bits per heavy atom. The first-order valence-corrected chi connectivity index (χ1v) is 12.1. The molecule has 0 bridgehead atoms. The van der Waals surface area contributed by atoms with Crippen molar-refractivity contribution in [1.29, 1.82) is 0 Å². The molecule has 0 saturated heterocycles. The molecule has 1 N–H and O–H groups in total. The molecule has 0 atom stereocenters. The van der Waals surface area contributed by atoms with Gasteiger partial charge in [0.1, 0.15) is 8.24 Å². The number of rotatable bonds is 5. The first-order valence-electron chi connectivity index (χ1n) is 7.64. The van der Waals surface area contributed by atoms with E-state index < -0.39 is 24.2 Å². The van der Waals surface area contributed by atoms with Crippen molar-refractivity contribution in [3.63, 3.8) is 0 Å². The lowest BCUT2D eigenvalue weighted by atomic mass is 10.1. The lowest BCUT2D eigenvalue weighted by Crippen LogP contribution is -2.54. The van der Waals surface area contributed by atoms with Gasteiger partial charge in [-0.15, -0.1) is 0 Å². The molecule has 0 fully saturated rings. The third-order valence-electron chi connectivity index (χ3n) is 4.24. The maximum absolute atomic E-state index is 13.0. The van der Waals surface area contributed by atoms with Crippen molar-refractivity contribution < 1.29 is 17.9 Å². The second-order valence-electron chi connectivity index (χ2n) is 7.15. The molecule has 0 aliphatic heterocycles. The third kappa shape index (κ3) is 4.42. The van der Waals surface area contributed by atoms with E-state index in [4.69, 9.17) is 4.74 Å². The summed E-state index contributed by atoms with van der Waals surface area (Å²) in [6.45, 7) is 13.6. The largest absolute Gasteiger partial charge is 0.462 e. The second kappa shape index (κ2) is 6.74. The molecule has 0 unspecified atom stereocenters. The maximum atomic E-state index is 13.0. The molecule has 0 aliphatic carbocycles. The van der Waals surface area contributed by atoms with Crippen LogP contribution < -0.4 is 4.39 Å². The van der Waals surface area contributed by atoms with E-state index in [1.54, 1.807) is 26.0 Å². The van der Waals surface area contributed by atoms with E-state index in [9.17, 15) is 13.2 Å². The van der Waals surface area contributed by atoms with Crippen LogP contribution >= 0.6 is 0 Å². The second-order valence-corrected chi connectivity index (χ2v) is 14.1. The average molecular weight is 358 g/mol. The Hall–Kier alpha value is -1.18. The predicted octanol–water partition coefficient (Wildman–Crippen LogP) is 3.46. The lowest BCUT2D eigenvalue weighted by Gasteiger charge is -2.37. The van der Waals surface area contributed by atoms with E-state index in [0.29, 0.717) is 5.56 Å². The number of benzene rings is 1. The van der Waals surface area contributed by atoms with E-state index in [1.807, 2.05) is 33.9 Å². The van der Waals surface area contributed by atoms with Gasteiger partial charge in [0, 0.05) is 0 Å². The Morgan fingerprint density at radius 3 is 2.30 bits per heavy atom. The van der Waals surface area contributed by atoms with E-state index in [1.165, 1.54) is 6.07 Å². The topological polar surface area (TPSA) is 72.5 Å². The van der Waals surface area contributed by atoms with E-state index in [2.05, 4.69) is 4.39 Å². The van der Waals surface area contributed by atoms with Gasteiger partial charge in [0.15, 0.2) is 0 Å². The molecule has 0 aliphatic rings. The molecule has 130 valence electrons. The number of carbonyl (C=O) groups is 1. The molecule has 0 amide bonds. The van der Waals surface area contributed by atoms with Gasteiger partial charge in [0.05, 0.1) is 17.1 Å². The van der Waals surface area contributed by atoms with Crippen LogP contribution in [-0.2, 0) is 14.8 Å². The first-order chi connectivity index (χ1) is 10.3. The van der Waals surface area contributed by atoms with Crippen molar-refractivity contribution in [2.24, 2.45) is 0 Å². The Morgan fingerprint density at radius 2 is 1.83 bits per heavy atom. The lowest BCUT2D eigenvalue weighted by molar-refractivity contribution is 0.0521. The summed E-state index contributed by atoms with van der Waals surface area (Å²) < 4.78 is 33.8. The number of ether oxygens (including phenoxy) is 1. The van der Waals surface area contributed by atoms with Crippen molar-refractivity contribution in [3.8, 4) is 0 Å². The van der Waals surface area contributed by atoms with Crippen molar-refractivity contribution >= 4 is 24.2 Å². The summed E-state index contributed by atoms with van der Waals surface area (Å²) >= 11 is 0. The highest BCUT2D eigenvalue weighted by atomic mass is 32.2. The van der Waals surface area contributed by atoms with Crippen LogP contribution in [0.4, 0.5) is 0 Å². The van der Waals surface area contributed by atoms with Crippen LogP contribution in [-0.4, -0.2) is 29.2 Å². The Labute approximate surface area is 140 Å². The quantitative estimate of drug-likeness (QED) is 0.647. The van der Waals surface area contributed by atoms with Crippen LogP contribution in [0, 0.1) is 6.92 Å². The molecule has 1 aromatic carbocycles. The number of sulfonamides is 1. The molecule has 0 spiro atoms. The highest BCUT2D eigenvalue weighted by Crippen LogP contribution is 2.35. The number of aryl methyl sites for hydroxylation is 1. The summed E-state index contributed by atoms with van der Waals surface area (Å²) in [7, 11) is -6.13.